The molecule has 2 rings (SSSR count). The molecular weight excluding hydrogens is 240 g/mol. The Morgan fingerprint density at radius 3 is 2.47 bits per heavy atom. The van der Waals surface area contributed by atoms with Gasteiger partial charge in [-0.3, -0.25) is 4.79 Å². The van der Waals surface area contributed by atoms with Crippen LogP contribution in [0.25, 0.3) is 0 Å². The van der Waals surface area contributed by atoms with Gasteiger partial charge in [-0.25, -0.2) is 0 Å². The van der Waals surface area contributed by atoms with Gasteiger partial charge in [-0.1, -0.05) is 13.8 Å². The topological polar surface area (TPSA) is 68.3 Å². The summed E-state index contributed by atoms with van der Waals surface area (Å²) in [5.41, 5.74) is 6.33. The normalized spacial score (nSPS) is 21.1. The lowest BCUT2D eigenvalue weighted by Gasteiger charge is -2.41. The van der Waals surface area contributed by atoms with Gasteiger partial charge in [0, 0.05) is 5.54 Å². The Bertz CT molecular complexity index is 452. The zero-order valence-electron chi connectivity index (χ0n) is 12.1. The second-order valence-corrected chi connectivity index (χ2v) is 6.68. The molecule has 0 bridgehead atoms. The summed E-state index contributed by atoms with van der Waals surface area (Å²) < 4.78 is 5.20. The fourth-order valence-electron chi connectivity index (χ4n) is 2.56. The summed E-state index contributed by atoms with van der Waals surface area (Å²) in [4.78, 5) is 12.2. The van der Waals surface area contributed by atoms with Crippen molar-refractivity contribution in [3.8, 4) is 0 Å². The van der Waals surface area contributed by atoms with E-state index in [1.165, 1.54) is 6.26 Å². The summed E-state index contributed by atoms with van der Waals surface area (Å²) in [5, 5.41) is 3.15. The molecule has 4 nitrogen and oxygen atoms in total. The van der Waals surface area contributed by atoms with Crippen molar-refractivity contribution >= 4 is 5.91 Å². The Labute approximate surface area is 114 Å². The Balaban J connectivity index is 1.99. The van der Waals surface area contributed by atoms with Crippen LogP contribution in [0.5, 0.6) is 0 Å². The molecule has 1 fully saturated rings. The molecule has 0 saturated heterocycles. The Kier molecular flexibility index (Phi) is 3.72. The van der Waals surface area contributed by atoms with Crippen LogP contribution in [0.3, 0.4) is 0 Å². The highest BCUT2D eigenvalue weighted by atomic mass is 16.3. The highest BCUT2D eigenvalue weighted by Gasteiger charge is 2.36. The minimum absolute atomic E-state index is 0.0642. The number of nitrogens with one attached hydrogen (secondary N) is 1. The zero-order chi connectivity index (χ0) is 14.1. The van der Waals surface area contributed by atoms with E-state index in [0.717, 1.165) is 25.7 Å². The number of rotatable bonds is 3. The Morgan fingerprint density at radius 1 is 1.32 bits per heavy atom. The molecule has 4 heteroatoms. The van der Waals surface area contributed by atoms with Crippen LogP contribution in [0.1, 0.15) is 62.6 Å². The van der Waals surface area contributed by atoms with Crippen molar-refractivity contribution < 1.29 is 9.21 Å². The van der Waals surface area contributed by atoms with Crippen molar-refractivity contribution in [3.05, 3.63) is 23.7 Å². The molecule has 106 valence electrons. The first kappa shape index (κ1) is 14.1. The second-order valence-electron chi connectivity index (χ2n) is 6.68. The van der Waals surface area contributed by atoms with Gasteiger partial charge in [0.05, 0.1) is 12.1 Å². The van der Waals surface area contributed by atoms with E-state index in [1.54, 1.807) is 6.07 Å². The lowest BCUT2D eigenvalue weighted by atomic mass is 9.70. The van der Waals surface area contributed by atoms with Gasteiger partial charge in [0.25, 0.3) is 5.91 Å². The molecule has 0 aromatic carbocycles. The van der Waals surface area contributed by atoms with Crippen molar-refractivity contribution in [2.45, 2.75) is 58.5 Å². The highest BCUT2D eigenvalue weighted by Crippen LogP contribution is 2.40. The van der Waals surface area contributed by atoms with Crippen molar-refractivity contribution in [1.29, 1.82) is 0 Å². The summed E-state index contributed by atoms with van der Waals surface area (Å²) in [6.07, 6.45) is 5.81. The molecule has 1 aromatic rings. The number of hydrogen-bond donors (Lipinski definition) is 2. The second kappa shape index (κ2) is 5.00. The third-order valence-corrected chi connectivity index (χ3v) is 4.24. The summed E-state index contributed by atoms with van der Waals surface area (Å²) in [6.45, 7) is 7.03. The largest absolute Gasteiger partial charge is 0.467 e. The lowest BCUT2D eigenvalue weighted by molar-refractivity contribution is 0.0828. The molecule has 1 aliphatic rings. The average Bonchev–Trinajstić information content (AvgIpc) is 2.82. The molecule has 1 aliphatic carbocycles. The maximum absolute atomic E-state index is 12.2. The summed E-state index contributed by atoms with van der Waals surface area (Å²) in [5.74, 6) is 0.575. The Hall–Kier alpha value is -1.29. The molecule has 0 spiro atoms. The smallest absolute Gasteiger partial charge is 0.254 e. The van der Waals surface area contributed by atoms with E-state index in [2.05, 4.69) is 26.1 Å². The predicted octanol–water partition coefficient (Wildman–Crippen LogP) is 2.83. The van der Waals surface area contributed by atoms with Crippen LogP contribution < -0.4 is 11.1 Å². The van der Waals surface area contributed by atoms with Crippen LogP contribution in [-0.2, 0) is 6.54 Å². The quantitative estimate of drug-likeness (QED) is 0.882. The first-order valence-electron chi connectivity index (χ1n) is 6.94. The molecule has 1 heterocycles. The van der Waals surface area contributed by atoms with Gasteiger partial charge >= 0.3 is 0 Å². The van der Waals surface area contributed by atoms with Crippen molar-refractivity contribution in [2.75, 3.05) is 0 Å². The SMILES string of the molecule is CC1(C)CCC(C)(NC(=O)c2coc(CN)c2)CC1. The van der Waals surface area contributed by atoms with Crippen molar-refractivity contribution in [2.24, 2.45) is 11.1 Å². The van der Waals surface area contributed by atoms with E-state index in [-0.39, 0.29) is 11.4 Å². The van der Waals surface area contributed by atoms with E-state index < -0.39 is 0 Å². The van der Waals surface area contributed by atoms with Crippen molar-refractivity contribution in [3.63, 3.8) is 0 Å². The first-order valence-corrected chi connectivity index (χ1v) is 6.94. The van der Waals surface area contributed by atoms with Crippen molar-refractivity contribution in [1.82, 2.24) is 5.32 Å². The third-order valence-electron chi connectivity index (χ3n) is 4.24. The van der Waals surface area contributed by atoms with Gasteiger partial charge in [-0.05, 0) is 44.1 Å². The zero-order valence-corrected chi connectivity index (χ0v) is 12.1. The number of nitrogens with two attached hydrogens (primary N) is 1. The van der Waals surface area contributed by atoms with E-state index in [9.17, 15) is 4.79 Å². The molecule has 0 unspecified atom stereocenters. The summed E-state index contributed by atoms with van der Waals surface area (Å²) >= 11 is 0. The standard InChI is InChI=1S/C15H24N2O2/c1-14(2)4-6-15(3,7-5-14)17-13(18)11-8-12(9-16)19-10-11/h8,10H,4-7,9,16H2,1-3H3,(H,17,18). The van der Waals surface area contributed by atoms with Crippen LogP contribution >= 0.6 is 0 Å². The van der Waals surface area contributed by atoms with Gasteiger partial charge < -0.3 is 15.5 Å². The fraction of sp³-hybridized carbons (Fsp3) is 0.667. The number of hydrogen-bond acceptors (Lipinski definition) is 3. The molecule has 19 heavy (non-hydrogen) atoms. The number of furan rings is 1. The van der Waals surface area contributed by atoms with E-state index >= 15 is 0 Å². The van der Waals surface area contributed by atoms with Crippen LogP contribution in [0, 0.1) is 5.41 Å². The Morgan fingerprint density at radius 2 is 1.95 bits per heavy atom. The monoisotopic (exact) mass is 264 g/mol. The molecule has 1 saturated carbocycles. The molecule has 1 aromatic heterocycles. The average molecular weight is 264 g/mol. The van der Waals surface area contributed by atoms with Gasteiger partial charge in [0.1, 0.15) is 12.0 Å². The van der Waals surface area contributed by atoms with Crippen LogP contribution in [-0.4, -0.2) is 11.4 Å². The number of amides is 1. The number of carbonyl (C=O) groups is 1. The van der Waals surface area contributed by atoms with Gasteiger partial charge in [0.2, 0.25) is 0 Å². The summed E-state index contributed by atoms with van der Waals surface area (Å²) in [6, 6.07) is 1.71. The molecule has 1 amide bonds. The van der Waals surface area contributed by atoms with Gasteiger partial charge in [0.15, 0.2) is 0 Å². The van der Waals surface area contributed by atoms with Gasteiger partial charge in [-0.15, -0.1) is 0 Å². The predicted molar refractivity (Wildman–Crippen MR) is 74.7 cm³/mol. The maximum atomic E-state index is 12.2. The maximum Gasteiger partial charge on any atom is 0.254 e. The van der Waals surface area contributed by atoms with Crippen LogP contribution in [0.2, 0.25) is 0 Å². The highest BCUT2D eigenvalue weighted by molar-refractivity contribution is 5.94. The minimum atomic E-state index is -0.104. The fourth-order valence-corrected chi connectivity index (χ4v) is 2.56. The first-order chi connectivity index (χ1) is 8.84. The summed E-state index contributed by atoms with van der Waals surface area (Å²) in [7, 11) is 0. The number of carbonyl (C=O) groups excluding carboxylic acids is 1. The van der Waals surface area contributed by atoms with Crippen LogP contribution in [0.15, 0.2) is 16.7 Å². The molecule has 0 radical (unpaired) electrons. The molecule has 3 N–H and O–H groups in total. The lowest BCUT2D eigenvalue weighted by Crippen LogP contribution is -2.49. The van der Waals surface area contributed by atoms with Gasteiger partial charge in [-0.2, -0.15) is 0 Å². The van der Waals surface area contributed by atoms with Crippen LogP contribution in [0.4, 0.5) is 0 Å². The third kappa shape index (κ3) is 3.38. The van der Waals surface area contributed by atoms with E-state index in [4.69, 9.17) is 10.2 Å². The molecule has 0 aliphatic heterocycles. The molecule has 0 atom stereocenters. The van der Waals surface area contributed by atoms with E-state index in [0.29, 0.717) is 23.3 Å². The minimum Gasteiger partial charge on any atom is -0.467 e. The van der Waals surface area contributed by atoms with E-state index in [1.807, 2.05) is 0 Å². The molecular formula is C15H24N2O2.